The summed E-state index contributed by atoms with van der Waals surface area (Å²) in [6.07, 6.45) is 5.17. The summed E-state index contributed by atoms with van der Waals surface area (Å²) in [6.45, 7) is 7.06. The van der Waals surface area contributed by atoms with Crippen LogP contribution in [0.25, 0.3) is 0 Å². The summed E-state index contributed by atoms with van der Waals surface area (Å²) in [5.74, 6) is 0. The van der Waals surface area contributed by atoms with Crippen molar-refractivity contribution in [1.29, 1.82) is 0 Å². The van der Waals surface area contributed by atoms with Gasteiger partial charge in [0, 0.05) is 36.6 Å². The van der Waals surface area contributed by atoms with E-state index >= 15 is 0 Å². The summed E-state index contributed by atoms with van der Waals surface area (Å²) in [6, 6.07) is 5.78. The standard InChI is InChI=1S/C16H26BrN3S/c1-2-13(18)16(14-6-7-15(17)21-14)20-10-9-19-8-4-3-5-12(19)11-20/h6-7,12-13,16H,2-5,8-11,18H2,1H3. The molecule has 0 amide bonds. The number of thiophene rings is 1. The second-order valence-corrected chi connectivity index (χ2v) is 8.83. The summed E-state index contributed by atoms with van der Waals surface area (Å²) in [4.78, 5) is 6.76. The molecule has 0 saturated carbocycles. The van der Waals surface area contributed by atoms with Gasteiger partial charge in [0.1, 0.15) is 0 Å². The molecule has 2 N–H and O–H groups in total. The number of fused-ring (bicyclic) bond motifs is 1. The van der Waals surface area contributed by atoms with Crippen LogP contribution in [0.5, 0.6) is 0 Å². The normalized spacial score (nSPS) is 27.3. The number of hydrogen-bond donors (Lipinski definition) is 1. The molecule has 3 unspecified atom stereocenters. The fourth-order valence-corrected chi connectivity index (χ4v) is 5.44. The number of rotatable bonds is 4. The summed E-state index contributed by atoms with van der Waals surface area (Å²) >= 11 is 5.45. The van der Waals surface area contributed by atoms with E-state index in [1.54, 1.807) is 0 Å². The number of nitrogens with zero attached hydrogens (tertiary/aromatic N) is 2. The third-order valence-corrected chi connectivity index (χ3v) is 6.72. The first-order valence-electron chi connectivity index (χ1n) is 8.18. The lowest BCUT2D eigenvalue weighted by Gasteiger charge is -2.47. The van der Waals surface area contributed by atoms with Gasteiger partial charge in [0.25, 0.3) is 0 Å². The third-order valence-electron chi connectivity index (χ3n) is 5.02. The minimum atomic E-state index is 0.227. The molecule has 0 bridgehead atoms. The Morgan fingerprint density at radius 3 is 2.90 bits per heavy atom. The largest absolute Gasteiger partial charge is 0.326 e. The van der Waals surface area contributed by atoms with Gasteiger partial charge in [0.2, 0.25) is 0 Å². The van der Waals surface area contributed by atoms with Crippen molar-refractivity contribution >= 4 is 27.3 Å². The molecule has 0 spiro atoms. The maximum Gasteiger partial charge on any atom is 0.0702 e. The van der Waals surface area contributed by atoms with E-state index in [0.29, 0.717) is 6.04 Å². The summed E-state index contributed by atoms with van der Waals surface area (Å²) in [5, 5.41) is 0. The first-order valence-corrected chi connectivity index (χ1v) is 9.79. The SMILES string of the molecule is CCC(N)C(c1ccc(Br)s1)N1CCN2CCCCC2C1. The van der Waals surface area contributed by atoms with Crippen molar-refractivity contribution in [3.05, 3.63) is 20.8 Å². The predicted molar refractivity (Wildman–Crippen MR) is 93.8 cm³/mol. The van der Waals surface area contributed by atoms with Crippen LogP contribution in [0.4, 0.5) is 0 Å². The molecule has 1 aromatic rings. The van der Waals surface area contributed by atoms with Gasteiger partial charge in [-0.15, -0.1) is 11.3 Å². The lowest BCUT2D eigenvalue weighted by Crippen LogP contribution is -2.57. The molecule has 0 radical (unpaired) electrons. The Morgan fingerprint density at radius 2 is 2.19 bits per heavy atom. The van der Waals surface area contributed by atoms with Crippen molar-refractivity contribution in [2.24, 2.45) is 5.73 Å². The molecule has 3 nitrogen and oxygen atoms in total. The van der Waals surface area contributed by atoms with Gasteiger partial charge in [0.05, 0.1) is 9.83 Å². The Morgan fingerprint density at radius 1 is 1.33 bits per heavy atom. The molecule has 2 aliphatic rings. The maximum atomic E-state index is 6.49. The van der Waals surface area contributed by atoms with Gasteiger partial charge >= 0.3 is 0 Å². The van der Waals surface area contributed by atoms with Gasteiger partial charge in [-0.3, -0.25) is 9.80 Å². The number of halogens is 1. The summed E-state index contributed by atoms with van der Waals surface area (Å²) < 4.78 is 1.21. The fraction of sp³-hybridized carbons (Fsp3) is 0.750. The second kappa shape index (κ2) is 7.09. The first kappa shape index (κ1) is 15.9. The van der Waals surface area contributed by atoms with Gasteiger partial charge in [-0.25, -0.2) is 0 Å². The van der Waals surface area contributed by atoms with Crippen LogP contribution >= 0.6 is 27.3 Å². The van der Waals surface area contributed by atoms with E-state index in [0.717, 1.165) is 19.0 Å². The van der Waals surface area contributed by atoms with Crippen LogP contribution in [-0.4, -0.2) is 48.1 Å². The minimum Gasteiger partial charge on any atom is -0.326 e. The molecule has 3 heterocycles. The molecule has 21 heavy (non-hydrogen) atoms. The number of piperazine rings is 1. The van der Waals surface area contributed by atoms with Crippen molar-refractivity contribution in [2.75, 3.05) is 26.2 Å². The van der Waals surface area contributed by atoms with E-state index in [2.05, 4.69) is 44.8 Å². The van der Waals surface area contributed by atoms with Crippen LogP contribution in [0.15, 0.2) is 15.9 Å². The van der Waals surface area contributed by atoms with Crippen LogP contribution in [0, 0.1) is 0 Å². The van der Waals surface area contributed by atoms with Crippen molar-refractivity contribution in [3.63, 3.8) is 0 Å². The van der Waals surface area contributed by atoms with E-state index in [9.17, 15) is 0 Å². The van der Waals surface area contributed by atoms with E-state index < -0.39 is 0 Å². The highest BCUT2D eigenvalue weighted by Gasteiger charge is 2.35. The number of piperidine rings is 1. The summed E-state index contributed by atoms with van der Waals surface area (Å²) in [7, 11) is 0. The lowest BCUT2D eigenvalue weighted by molar-refractivity contribution is 0.0211. The van der Waals surface area contributed by atoms with Crippen molar-refractivity contribution in [2.45, 2.75) is 50.7 Å². The zero-order valence-electron chi connectivity index (χ0n) is 12.8. The second-order valence-electron chi connectivity index (χ2n) is 6.34. The van der Waals surface area contributed by atoms with E-state index in [1.165, 1.54) is 47.6 Å². The Hall–Kier alpha value is 0.0600. The predicted octanol–water partition coefficient (Wildman–Crippen LogP) is 3.46. The highest BCUT2D eigenvalue weighted by atomic mass is 79.9. The summed E-state index contributed by atoms with van der Waals surface area (Å²) in [5.41, 5.74) is 6.49. The fourth-order valence-electron chi connectivity index (χ4n) is 3.80. The van der Waals surface area contributed by atoms with Crippen LogP contribution in [0.1, 0.15) is 43.5 Å². The molecule has 2 aliphatic heterocycles. The highest BCUT2D eigenvalue weighted by Crippen LogP contribution is 2.35. The van der Waals surface area contributed by atoms with Crippen LogP contribution in [0.2, 0.25) is 0 Å². The van der Waals surface area contributed by atoms with Crippen molar-refractivity contribution in [1.82, 2.24) is 9.80 Å². The molecule has 3 atom stereocenters. The van der Waals surface area contributed by atoms with Gasteiger partial charge < -0.3 is 5.73 Å². The van der Waals surface area contributed by atoms with Crippen LogP contribution in [-0.2, 0) is 0 Å². The number of hydrogen-bond acceptors (Lipinski definition) is 4. The smallest absolute Gasteiger partial charge is 0.0702 e. The van der Waals surface area contributed by atoms with Gasteiger partial charge in [-0.05, 0) is 53.9 Å². The zero-order valence-corrected chi connectivity index (χ0v) is 15.2. The first-order chi connectivity index (χ1) is 10.2. The molecule has 2 fully saturated rings. The molecule has 5 heteroatoms. The zero-order chi connectivity index (χ0) is 14.8. The molecule has 118 valence electrons. The van der Waals surface area contributed by atoms with E-state index in [1.807, 2.05) is 11.3 Å². The van der Waals surface area contributed by atoms with Gasteiger partial charge in [-0.2, -0.15) is 0 Å². The Kier molecular flexibility index (Phi) is 5.38. The molecular formula is C16H26BrN3S. The number of nitrogens with two attached hydrogens (primary N) is 1. The molecule has 1 aromatic heterocycles. The average molecular weight is 372 g/mol. The monoisotopic (exact) mass is 371 g/mol. The van der Waals surface area contributed by atoms with Crippen molar-refractivity contribution < 1.29 is 0 Å². The third kappa shape index (κ3) is 3.53. The van der Waals surface area contributed by atoms with Gasteiger partial charge in [-0.1, -0.05) is 13.3 Å². The Balaban J connectivity index is 1.77. The minimum absolute atomic E-state index is 0.227. The lowest BCUT2D eigenvalue weighted by atomic mass is 9.96. The van der Waals surface area contributed by atoms with E-state index in [-0.39, 0.29) is 6.04 Å². The van der Waals surface area contributed by atoms with Crippen LogP contribution < -0.4 is 5.73 Å². The van der Waals surface area contributed by atoms with Gasteiger partial charge in [0.15, 0.2) is 0 Å². The maximum absolute atomic E-state index is 6.49. The highest BCUT2D eigenvalue weighted by molar-refractivity contribution is 9.11. The Bertz CT molecular complexity index is 464. The average Bonchev–Trinajstić information content (AvgIpc) is 2.93. The molecule has 3 rings (SSSR count). The van der Waals surface area contributed by atoms with E-state index in [4.69, 9.17) is 5.73 Å². The van der Waals surface area contributed by atoms with Crippen molar-refractivity contribution in [3.8, 4) is 0 Å². The van der Waals surface area contributed by atoms with Crippen LogP contribution in [0.3, 0.4) is 0 Å². The molecule has 0 aromatic carbocycles. The molecule has 2 saturated heterocycles. The quantitative estimate of drug-likeness (QED) is 0.879. The Labute approximate surface area is 140 Å². The molecular weight excluding hydrogens is 346 g/mol. The topological polar surface area (TPSA) is 32.5 Å². The molecule has 0 aliphatic carbocycles.